The van der Waals surface area contributed by atoms with E-state index in [0.717, 1.165) is 6.20 Å². The van der Waals surface area contributed by atoms with Gasteiger partial charge in [-0.3, -0.25) is 19.6 Å². The Labute approximate surface area is 171 Å². The van der Waals surface area contributed by atoms with Crippen LogP contribution in [-0.2, 0) is 16.1 Å². The largest absolute Gasteiger partial charge is 0.462 e. The zero-order valence-corrected chi connectivity index (χ0v) is 16.4. The SMILES string of the molecule is CCOC(=O)c1cnn(-c2ccccc2)c1NC(=O)CCn1ncc([N+](=O)[O-])c1C. The molecule has 3 aromatic rings. The molecule has 1 aromatic carbocycles. The van der Waals surface area contributed by atoms with Crippen LogP contribution in [0.1, 0.15) is 29.4 Å². The van der Waals surface area contributed by atoms with Gasteiger partial charge in [0.25, 0.3) is 0 Å². The number of aryl methyl sites for hydroxylation is 1. The molecule has 2 aromatic heterocycles. The van der Waals surface area contributed by atoms with Crippen LogP contribution >= 0.6 is 0 Å². The van der Waals surface area contributed by atoms with Crippen LogP contribution < -0.4 is 5.32 Å². The molecule has 0 saturated carbocycles. The van der Waals surface area contributed by atoms with Crippen molar-refractivity contribution in [2.45, 2.75) is 26.8 Å². The average molecular weight is 412 g/mol. The van der Waals surface area contributed by atoms with Gasteiger partial charge in [-0.05, 0) is 26.0 Å². The van der Waals surface area contributed by atoms with Crippen LogP contribution in [0.15, 0.2) is 42.7 Å². The van der Waals surface area contributed by atoms with Gasteiger partial charge < -0.3 is 10.1 Å². The number of para-hydroxylation sites is 1. The lowest BCUT2D eigenvalue weighted by atomic mass is 10.3. The number of rotatable bonds is 8. The van der Waals surface area contributed by atoms with Crippen molar-refractivity contribution in [2.24, 2.45) is 0 Å². The first-order valence-electron chi connectivity index (χ1n) is 9.19. The fraction of sp³-hybridized carbons (Fsp3) is 0.263. The molecule has 0 aliphatic carbocycles. The summed E-state index contributed by atoms with van der Waals surface area (Å²) in [5, 5.41) is 21.8. The van der Waals surface area contributed by atoms with Crippen LogP contribution in [0.25, 0.3) is 5.69 Å². The van der Waals surface area contributed by atoms with Gasteiger partial charge in [-0.15, -0.1) is 0 Å². The Bertz CT molecular complexity index is 1070. The Kier molecular flexibility index (Phi) is 6.20. The van der Waals surface area contributed by atoms with Gasteiger partial charge >= 0.3 is 11.7 Å². The second kappa shape index (κ2) is 8.99. The number of ether oxygens (including phenoxy) is 1. The maximum Gasteiger partial charge on any atom is 0.343 e. The number of nitrogens with zero attached hydrogens (tertiary/aromatic N) is 5. The molecule has 0 radical (unpaired) electrons. The molecule has 0 bridgehead atoms. The van der Waals surface area contributed by atoms with E-state index < -0.39 is 16.8 Å². The van der Waals surface area contributed by atoms with E-state index in [1.807, 2.05) is 6.07 Å². The predicted octanol–water partition coefficient (Wildman–Crippen LogP) is 2.49. The average Bonchev–Trinajstić information content (AvgIpc) is 3.31. The first kappa shape index (κ1) is 20.7. The lowest BCUT2D eigenvalue weighted by molar-refractivity contribution is -0.385. The van der Waals surface area contributed by atoms with Gasteiger partial charge in [-0.1, -0.05) is 18.2 Å². The highest BCUT2D eigenvalue weighted by atomic mass is 16.6. The van der Waals surface area contributed by atoms with Crippen LogP contribution in [0, 0.1) is 17.0 Å². The van der Waals surface area contributed by atoms with Crippen molar-refractivity contribution < 1.29 is 19.2 Å². The number of esters is 1. The molecule has 2 heterocycles. The minimum absolute atomic E-state index is 0.0120. The highest BCUT2D eigenvalue weighted by Crippen LogP contribution is 2.22. The summed E-state index contributed by atoms with van der Waals surface area (Å²) in [5.41, 5.74) is 1.03. The van der Waals surface area contributed by atoms with E-state index in [0.29, 0.717) is 11.4 Å². The highest BCUT2D eigenvalue weighted by molar-refractivity contribution is 6.00. The molecule has 11 nitrogen and oxygen atoms in total. The number of nitrogens with one attached hydrogen (secondary N) is 1. The number of nitro groups is 1. The molecular formula is C19H20N6O5. The lowest BCUT2D eigenvalue weighted by Crippen LogP contribution is -2.20. The second-order valence-corrected chi connectivity index (χ2v) is 6.27. The molecule has 1 N–H and O–H groups in total. The Hall–Kier alpha value is -4.02. The third kappa shape index (κ3) is 4.35. The molecular weight excluding hydrogens is 392 g/mol. The van der Waals surface area contributed by atoms with Crippen LogP contribution in [0.3, 0.4) is 0 Å². The van der Waals surface area contributed by atoms with Crippen molar-refractivity contribution in [2.75, 3.05) is 11.9 Å². The fourth-order valence-corrected chi connectivity index (χ4v) is 2.84. The van der Waals surface area contributed by atoms with Crippen LogP contribution in [-0.4, -0.2) is 43.0 Å². The summed E-state index contributed by atoms with van der Waals surface area (Å²) in [4.78, 5) is 35.3. The monoisotopic (exact) mass is 412 g/mol. The number of anilines is 1. The maximum atomic E-state index is 12.6. The van der Waals surface area contributed by atoms with E-state index in [9.17, 15) is 19.7 Å². The van der Waals surface area contributed by atoms with Gasteiger partial charge in [0.05, 0.1) is 30.0 Å². The van der Waals surface area contributed by atoms with E-state index in [4.69, 9.17) is 4.74 Å². The molecule has 0 aliphatic rings. The quantitative estimate of drug-likeness (QED) is 0.341. The summed E-state index contributed by atoms with van der Waals surface area (Å²) in [5.74, 6) is -0.822. The van der Waals surface area contributed by atoms with Gasteiger partial charge in [0.15, 0.2) is 5.82 Å². The molecule has 0 aliphatic heterocycles. The second-order valence-electron chi connectivity index (χ2n) is 6.27. The van der Waals surface area contributed by atoms with E-state index in [1.165, 1.54) is 15.6 Å². The van der Waals surface area contributed by atoms with Crippen molar-refractivity contribution >= 4 is 23.4 Å². The number of benzene rings is 1. The van der Waals surface area contributed by atoms with Crippen LogP contribution in [0.5, 0.6) is 0 Å². The standard InChI is InChI=1S/C19H20N6O5/c1-3-30-19(27)15-11-21-24(14-7-5-4-6-8-14)18(15)22-17(26)9-10-23-13(2)16(12-20-23)25(28)29/h4-8,11-12H,3,9-10H2,1-2H3,(H,22,26). The molecule has 0 atom stereocenters. The Morgan fingerprint density at radius 3 is 2.57 bits per heavy atom. The van der Waals surface area contributed by atoms with E-state index in [1.54, 1.807) is 38.1 Å². The minimum atomic E-state index is -0.603. The van der Waals surface area contributed by atoms with Gasteiger partial charge in [-0.2, -0.15) is 10.2 Å². The van der Waals surface area contributed by atoms with E-state index >= 15 is 0 Å². The molecule has 156 valence electrons. The number of amides is 1. The topological polar surface area (TPSA) is 134 Å². The van der Waals surface area contributed by atoms with Gasteiger partial charge in [0.2, 0.25) is 5.91 Å². The number of carbonyl (C=O) groups is 2. The Morgan fingerprint density at radius 2 is 1.93 bits per heavy atom. The predicted molar refractivity (Wildman–Crippen MR) is 106 cm³/mol. The van der Waals surface area contributed by atoms with E-state index in [2.05, 4.69) is 15.5 Å². The first-order chi connectivity index (χ1) is 14.4. The van der Waals surface area contributed by atoms with Gasteiger partial charge in [0, 0.05) is 6.42 Å². The minimum Gasteiger partial charge on any atom is -0.462 e. The normalized spacial score (nSPS) is 10.6. The molecule has 30 heavy (non-hydrogen) atoms. The number of carbonyl (C=O) groups excluding carboxylic acids is 2. The smallest absolute Gasteiger partial charge is 0.343 e. The molecule has 3 rings (SSSR count). The maximum absolute atomic E-state index is 12.6. The number of aromatic nitrogens is 4. The van der Waals surface area contributed by atoms with Crippen molar-refractivity contribution in [3.63, 3.8) is 0 Å². The summed E-state index contributed by atoms with van der Waals surface area (Å²) >= 11 is 0. The Balaban J connectivity index is 1.80. The van der Waals surface area contributed by atoms with Crippen LogP contribution in [0.2, 0.25) is 0 Å². The van der Waals surface area contributed by atoms with E-state index in [-0.39, 0.29) is 36.6 Å². The third-order valence-corrected chi connectivity index (χ3v) is 4.35. The Morgan fingerprint density at radius 1 is 1.20 bits per heavy atom. The first-order valence-corrected chi connectivity index (χ1v) is 9.19. The summed E-state index contributed by atoms with van der Waals surface area (Å²) < 4.78 is 7.87. The van der Waals surface area contributed by atoms with Crippen LogP contribution in [0.4, 0.5) is 11.5 Å². The molecule has 0 spiro atoms. The number of hydrogen-bond donors (Lipinski definition) is 1. The van der Waals surface area contributed by atoms with Crippen molar-refractivity contribution in [1.82, 2.24) is 19.6 Å². The number of hydrogen-bond acceptors (Lipinski definition) is 7. The molecule has 1 amide bonds. The summed E-state index contributed by atoms with van der Waals surface area (Å²) in [6, 6.07) is 9.01. The highest BCUT2D eigenvalue weighted by Gasteiger charge is 2.22. The fourth-order valence-electron chi connectivity index (χ4n) is 2.84. The third-order valence-electron chi connectivity index (χ3n) is 4.35. The van der Waals surface area contributed by atoms with Gasteiger partial charge in [0.1, 0.15) is 17.5 Å². The zero-order chi connectivity index (χ0) is 21.7. The van der Waals surface area contributed by atoms with Crippen molar-refractivity contribution in [3.05, 3.63) is 64.1 Å². The summed E-state index contributed by atoms with van der Waals surface area (Å²) in [7, 11) is 0. The molecule has 0 unspecified atom stereocenters. The summed E-state index contributed by atoms with van der Waals surface area (Å²) in [6.45, 7) is 3.57. The summed E-state index contributed by atoms with van der Waals surface area (Å²) in [6.07, 6.45) is 2.47. The van der Waals surface area contributed by atoms with Crippen molar-refractivity contribution in [3.8, 4) is 5.69 Å². The van der Waals surface area contributed by atoms with Crippen molar-refractivity contribution in [1.29, 1.82) is 0 Å². The van der Waals surface area contributed by atoms with Gasteiger partial charge in [-0.25, -0.2) is 9.48 Å². The molecule has 0 saturated heterocycles. The zero-order valence-electron chi connectivity index (χ0n) is 16.4. The lowest BCUT2D eigenvalue weighted by Gasteiger charge is -2.11. The molecule has 11 heteroatoms. The molecule has 0 fully saturated rings.